The number of fused-ring (bicyclic) bond motifs is 2. The van der Waals surface area contributed by atoms with Crippen LogP contribution >= 0.6 is 34.0 Å². The van der Waals surface area contributed by atoms with Crippen LogP contribution in [-0.2, 0) is 21.7 Å². The molecule has 4 rings (SSSR count). The van der Waals surface area contributed by atoms with Crippen molar-refractivity contribution in [1.29, 1.82) is 0 Å². The minimum absolute atomic E-state index is 0.0807. The normalized spacial score (nSPS) is 14.0. The molecule has 0 aliphatic carbocycles. The molecule has 0 spiro atoms. The molecule has 0 nitrogen and oxygen atoms in total. The first-order valence-corrected chi connectivity index (χ1v) is 15.3. The molecule has 0 aliphatic heterocycles. The van der Waals surface area contributed by atoms with Crippen LogP contribution in [0.5, 0.6) is 0 Å². The Bertz CT molecular complexity index is 1350. The number of benzene rings is 1. The number of rotatable bonds is 1. The summed E-state index contributed by atoms with van der Waals surface area (Å²) in [5.41, 5.74) is 6.53. The van der Waals surface area contributed by atoms with E-state index in [9.17, 15) is 0 Å². The summed E-state index contributed by atoms with van der Waals surface area (Å²) in [6.45, 7) is 33.2. The molecule has 0 fully saturated rings. The third kappa shape index (κ3) is 4.55. The van der Waals surface area contributed by atoms with Crippen LogP contribution in [0.3, 0.4) is 0 Å². The van der Waals surface area contributed by atoms with E-state index in [1.165, 1.54) is 50.8 Å². The SMILES string of the molecule is Cc1cc2c(C(C)(C)C)c3sc(-c4sc(C)c(C(C)(C)C)c4C(C)(C)C)cc3c(C(C)(C)C)c2s1. The second-order valence-electron chi connectivity index (χ2n) is 14.4. The molecule has 190 valence electrons. The van der Waals surface area contributed by atoms with Gasteiger partial charge < -0.3 is 0 Å². The summed E-state index contributed by atoms with van der Waals surface area (Å²) in [6, 6.07) is 5.00. The first kappa shape index (κ1) is 26.9. The number of thiophene rings is 3. The van der Waals surface area contributed by atoms with E-state index in [0.717, 1.165) is 0 Å². The zero-order chi connectivity index (χ0) is 26.5. The summed E-state index contributed by atoms with van der Waals surface area (Å²) in [7, 11) is 0. The summed E-state index contributed by atoms with van der Waals surface area (Å²) in [5, 5.41) is 2.94. The van der Waals surface area contributed by atoms with Crippen LogP contribution < -0.4 is 0 Å². The van der Waals surface area contributed by atoms with Crippen molar-refractivity contribution in [3.05, 3.63) is 44.1 Å². The van der Waals surface area contributed by atoms with Crippen molar-refractivity contribution < 1.29 is 0 Å². The van der Waals surface area contributed by atoms with Gasteiger partial charge in [0, 0.05) is 28.9 Å². The Balaban J connectivity index is 2.20. The highest BCUT2D eigenvalue weighted by Gasteiger charge is 2.34. The highest BCUT2D eigenvalue weighted by atomic mass is 32.1. The Hall–Kier alpha value is -1.16. The van der Waals surface area contributed by atoms with Gasteiger partial charge >= 0.3 is 0 Å². The van der Waals surface area contributed by atoms with Crippen LogP contribution in [0.2, 0.25) is 0 Å². The largest absolute Gasteiger partial charge is 0.140 e. The van der Waals surface area contributed by atoms with Gasteiger partial charge in [0.25, 0.3) is 0 Å². The minimum atomic E-state index is 0.0807. The van der Waals surface area contributed by atoms with Crippen molar-refractivity contribution in [2.75, 3.05) is 0 Å². The monoisotopic (exact) mass is 524 g/mol. The molecule has 3 heteroatoms. The molecule has 0 aliphatic rings. The molecular formula is C32H44S3. The number of hydrogen-bond donors (Lipinski definition) is 0. The lowest BCUT2D eigenvalue weighted by atomic mass is 9.75. The maximum atomic E-state index is 2.55. The average molecular weight is 525 g/mol. The molecule has 3 aromatic heterocycles. The third-order valence-electron chi connectivity index (χ3n) is 6.89. The number of aryl methyl sites for hydroxylation is 2. The fourth-order valence-electron chi connectivity index (χ4n) is 5.83. The topological polar surface area (TPSA) is 0 Å². The maximum Gasteiger partial charge on any atom is 0.0486 e. The Morgan fingerprint density at radius 3 is 1.37 bits per heavy atom. The zero-order valence-electron chi connectivity index (χ0n) is 24.4. The van der Waals surface area contributed by atoms with E-state index in [-0.39, 0.29) is 21.7 Å². The first-order chi connectivity index (χ1) is 15.7. The smallest absolute Gasteiger partial charge is 0.0486 e. The van der Waals surface area contributed by atoms with Crippen LogP contribution in [-0.4, -0.2) is 0 Å². The lowest BCUT2D eigenvalue weighted by molar-refractivity contribution is 0.533. The van der Waals surface area contributed by atoms with Gasteiger partial charge in [-0.1, -0.05) is 83.1 Å². The molecule has 0 unspecified atom stereocenters. The van der Waals surface area contributed by atoms with E-state index in [1.807, 2.05) is 34.0 Å². The van der Waals surface area contributed by atoms with Gasteiger partial charge in [-0.2, -0.15) is 0 Å². The fraction of sp³-hybridized carbons (Fsp3) is 0.562. The summed E-state index contributed by atoms with van der Waals surface area (Å²) in [6.07, 6.45) is 0. The molecule has 0 radical (unpaired) electrons. The van der Waals surface area contributed by atoms with Gasteiger partial charge in [-0.25, -0.2) is 0 Å². The molecule has 1 aromatic carbocycles. The molecule has 0 N–H and O–H groups in total. The predicted molar refractivity (Wildman–Crippen MR) is 165 cm³/mol. The third-order valence-corrected chi connectivity index (χ3v) is 10.4. The van der Waals surface area contributed by atoms with E-state index >= 15 is 0 Å². The van der Waals surface area contributed by atoms with Gasteiger partial charge in [0.2, 0.25) is 0 Å². The van der Waals surface area contributed by atoms with Crippen molar-refractivity contribution in [2.24, 2.45) is 0 Å². The lowest BCUT2D eigenvalue weighted by Crippen LogP contribution is -2.21. The quantitative estimate of drug-likeness (QED) is 0.232. The molecule has 0 bridgehead atoms. The van der Waals surface area contributed by atoms with Crippen molar-refractivity contribution in [1.82, 2.24) is 0 Å². The Morgan fingerprint density at radius 1 is 0.486 bits per heavy atom. The van der Waals surface area contributed by atoms with Gasteiger partial charge in [-0.15, -0.1) is 34.0 Å². The van der Waals surface area contributed by atoms with Gasteiger partial charge in [0.1, 0.15) is 0 Å². The summed E-state index contributed by atoms with van der Waals surface area (Å²) in [4.78, 5) is 5.81. The van der Waals surface area contributed by atoms with Gasteiger partial charge in [-0.3, -0.25) is 0 Å². The second kappa shape index (κ2) is 8.17. The van der Waals surface area contributed by atoms with Gasteiger partial charge in [-0.05, 0) is 80.7 Å². The van der Waals surface area contributed by atoms with E-state index < -0.39 is 0 Å². The summed E-state index contributed by atoms with van der Waals surface area (Å²) >= 11 is 6.03. The molecule has 0 atom stereocenters. The van der Waals surface area contributed by atoms with Crippen molar-refractivity contribution >= 4 is 54.2 Å². The molecule has 0 saturated carbocycles. The van der Waals surface area contributed by atoms with E-state index in [1.54, 1.807) is 11.1 Å². The van der Waals surface area contributed by atoms with Crippen LogP contribution in [0.25, 0.3) is 29.9 Å². The average Bonchev–Trinajstić information content (AvgIpc) is 3.29. The van der Waals surface area contributed by atoms with E-state index in [2.05, 4.69) is 109 Å². The Morgan fingerprint density at radius 2 is 0.914 bits per heavy atom. The maximum absolute atomic E-state index is 2.55. The van der Waals surface area contributed by atoms with Crippen LogP contribution in [0.4, 0.5) is 0 Å². The molecule has 4 aromatic rings. The first-order valence-electron chi connectivity index (χ1n) is 12.9. The van der Waals surface area contributed by atoms with E-state index in [0.29, 0.717) is 0 Å². The molecule has 3 heterocycles. The lowest BCUT2D eigenvalue weighted by Gasteiger charge is -2.29. The Kier molecular flexibility index (Phi) is 6.28. The zero-order valence-corrected chi connectivity index (χ0v) is 26.8. The predicted octanol–water partition coefficient (Wildman–Crippen LogP) is 11.7. The Labute approximate surface area is 225 Å². The molecular weight excluding hydrogens is 481 g/mol. The highest BCUT2D eigenvalue weighted by molar-refractivity contribution is 7.26. The minimum Gasteiger partial charge on any atom is -0.140 e. The standard InChI is InChI=1S/C32H44S3/c1-17-15-19-23(30(6,7)8)27-20(24(26(19)33-17)31(9,10)11)16-21(35-27)28-25(32(12,13)14)22(18(2)34-28)29(3,4)5/h15-16H,1-14H3. The van der Waals surface area contributed by atoms with Crippen LogP contribution in [0.15, 0.2) is 12.1 Å². The van der Waals surface area contributed by atoms with Crippen LogP contribution in [0, 0.1) is 13.8 Å². The van der Waals surface area contributed by atoms with Crippen molar-refractivity contribution in [3.8, 4) is 9.75 Å². The summed E-state index contributed by atoms with van der Waals surface area (Å²) in [5.74, 6) is 0. The second-order valence-corrected chi connectivity index (χ2v) is 18.0. The fourth-order valence-corrected chi connectivity index (χ4v) is 10.2. The van der Waals surface area contributed by atoms with Gasteiger partial charge in [0.15, 0.2) is 0 Å². The van der Waals surface area contributed by atoms with Crippen LogP contribution in [0.1, 0.15) is 115 Å². The van der Waals surface area contributed by atoms with Crippen molar-refractivity contribution in [3.63, 3.8) is 0 Å². The molecule has 0 amide bonds. The highest BCUT2D eigenvalue weighted by Crippen LogP contribution is 2.54. The molecule has 0 saturated heterocycles. The summed E-state index contributed by atoms with van der Waals surface area (Å²) < 4.78 is 2.98. The van der Waals surface area contributed by atoms with Gasteiger partial charge in [0.05, 0.1) is 0 Å². The van der Waals surface area contributed by atoms with Crippen molar-refractivity contribution in [2.45, 2.75) is 119 Å². The molecule has 35 heavy (non-hydrogen) atoms. The van der Waals surface area contributed by atoms with E-state index in [4.69, 9.17) is 0 Å². The number of hydrogen-bond acceptors (Lipinski definition) is 3.